The van der Waals surface area contributed by atoms with Crippen LogP contribution in [0.2, 0.25) is 5.02 Å². The van der Waals surface area contributed by atoms with Gasteiger partial charge in [0.15, 0.2) is 0 Å². The molecular formula is C26H20ClF3N4O3. The summed E-state index contributed by atoms with van der Waals surface area (Å²) in [6.07, 6.45) is -2.19. The zero-order valence-corrected chi connectivity index (χ0v) is 19.9. The zero-order valence-electron chi connectivity index (χ0n) is 19.1. The van der Waals surface area contributed by atoms with E-state index in [0.717, 1.165) is 12.1 Å². The Labute approximate surface area is 213 Å². The van der Waals surface area contributed by atoms with Gasteiger partial charge in [0.2, 0.25) is 0 Å². The molecule has 0 saturated heterocycles. The van der Waals surface area contributed by atoms with Crippen LogP contribution in [-0.4, -0.2) is 32.3 Å². The van der Waals surface area contributed by atoms with Gasteiger partial charge in [-0.15, -0.1) is 0 Å². The lowest BCUT2D eigenvalue weighted by atomic mass is 10.1. The Morgan fingerprint density at radius 3 is 2.57 bits per heavy atom. The van der Waals surface area contributed by atoms with Crippen LogP contribution in [0.25, 0.3) is 16.6 Å². The lowest BCUT2D eigenvalue weighted by molar-refractivity contribution is -0.137. The first-order chi connectivity index (χ1) is 17.5. The topological polar surface area (TPSA) is 96.3 Å². The summed E-state index contributed by atoms with van der Waals surface area (Å²) in [5, 5.41) is 20.3. The number of nitrogens with zero attached hydrogens (tertiary/aromatic N) is 2. The molecule has 37 heavy (non-hydrogen) atoms. The average Bonchev–Trinajstić information content (AvgIpc) is 3.47. The standard InChI is InChI=1S/C26H20ClF3N4O3/c27-20-8-7-15(13-31-24(36)25(37)9-10-25)11-18(20)23(35)33-21-5-2-6-22-19(21)14-32-34(22)17-4-1-3-16(12-17)26(28,29)30/h1-8,11-12,14,37H,9-10,13H2,(H,31,36)(H,33,35). The van der Waals surface area contributed by atoms with E-state index in [-0.39, 0.29) is 22.8 Å². The van der Waals surface area contributed by atoms with Gasteiger partial charge in [-0.25, -0.2) is 4.68 Å². The Bertz CT molecular complexity index is 1530. The third-order valence-electron chi connectivity index (χ3n) is 6.15. The molecule has 1 heterocycles. The number of rotatable bonds is 6. The highest BCUT2D eigenvalue weighted by Gasteiger charge is 2.47. The molecule has 1 fully saturated rings. The number of halogens is 4. The molecule has 0 radical (unpaired) electrons. The van der Waals surface area contributed by atoms with Gasteiger partial charge in [0, 0.05) is 11.9 Å². The molecule has 3 N–H and O–H groups in total. The molecule has 1 aliphatic rings. The third kappa shape index (κ3) is 5.03. The van der Waals surface area contributed by atoms with Gasteiger partial charge in [0.05, 0.1) is 39.2 Å². The molecule has 1 aliphatic carbocycles. The van der Waals surface area contributed by atoms with Crippen molar-refractivity contribution in [1.29, 1.82) is 0 Å². The molecule has 190 valence electrons. The van der Waals surface area contributed by atoms with E-state index in [0.29, 0.717) is 35.0 Å². The largest absolute Gasteiger partial charge is 0.416 e. The van der Waals surface area contributed by atoms with Crippen LogP contribution < -0.4 is 10.6 Å². The van der Waals surface area contributed by atoms with Crippen LogP contribution in [0.4, 0.5) is 18.9 Å². The average molecular weight is 529 g/mol. The fourth-order valence-corrected chi connectivity index (χ4v) is 4.12. The Hall–Kier alpha value is -3.89. The van der Waals surface area contributed by atoms with Crippen molar-refractivity contribution in [2.45, 2.75) is 31.2 Å². The second kappa shape index (κ2) is 9.20. The highest BCUT2D eigenvalue weighted by atomic mass is 35.5. The quantitative estimate of drug-likeness (QED) is 0.325. The van der Waals surface area contributed by atoms with Crippen molar-refractivity contribution in [3.8, 4) is 5.69 Å². The molecule has 11 heteroatoms. The first-order valence-corrected chi connectivity index (χ1v) is 11.7. The summed E-state index contributed by atoms with van der Waals surface area (Å²) in [5.74, 6) is -0.976. The molecule has 1 aromatic heterocycles. The minimum atomic E-state index is -4.49. The summed E-state index contributed by atoms with van der Waals surface area (Å²) in [4.78, 5) is 25.1. The van der Waals surface area contributed by atoms with Gasteiger partial charge in [-0.3, -0.25) is 9.59 Å². The van der Waals surface area contributed by atoms with Crippen LogP contribution in [0.3, 0.4) is 0 Å². The van der Waals surface area contributed by atoms with E-state index >= 15 is 0 Å². The molecule has 5 rings (SSSR count). The van der Waals surface area contributed by atoms with Crippen LogP contribution in [0, 0.1) is 0 Å². The van der Waals surface area contributed by atoms with Crippen molar-refractivity contribution in [1.82, 2.24) is 15.1 Å². The predicted molar refractivity (Wildman–Crippen MR) is 132 cm³/mol. The number of hydrogen-bond donors (Lipinski definition) is 3. The van der Waals surface area contributed by atoms with Crippen LogP contribution >= 0.6 is 11.6 Å². The molecule has 4 aromatic rings. The number of aliphatic hydroxyl groups is 1. The molecule has 0 bridgehead atoms. The van der Waals surface area contributed by atoms with Crippen molar-refractivity contribution in [3.63, 3.8) is 0 Å². The first-order valence-electron chi connectivity index (χ1n) is 11.3. The maximum absolute atomic E-state index is 13.2. The number of amides is 2. The maximum Gasteiger partial charge on any atom is 0.416 e. The lowest BCUT2D eigenvalue weighted by Crippen LogP contribution is -2.35. The van der Waals surface area contributed by atoms with Gasteiger partial charge in [-0.05, 0) is 60.9 Å². The van der Waals surface area contributed by atoms with E-state index in [1.807, 2.05) is 0 Å². The molecule has 1 saturated carbocycles. The van der Waals surface area contributed by atoms with E-state index in [9.17, 15) is 27.9 Å². The van der Waals surface area contributed by atoms with E-state index in [4.69, 9.17) is 11.6 Å². The zero-order chi connectivity index (χ0) is 26.4. The monoisotopic (exact) mass is 528 g/mol. The number of aromatic nitrogens is 2. The third-order valence-corrected chi connectivity index (χ3v) is 6.48. The molecule has 3 aromatic carbocycles. The van der Waals surface area contributed by atoms with Crippen LogP contribution in [0.5, 0.6) is 0 Å². The highest BCUT2D eigenvalue weighted by molar-refractivity contribution is 6.34. The summed E-state index contributed by atoms with van der Waals surface area (Å²) in [6, 6.07) is 14.5. The number of carbonyl (C=O) groups is 2. The number of hydrogen-bond acceptors (Lipinski definition) is 4. The summed E-state index contributed by atoms with van der Waals surface area (Å²) in [5.41, 5.74) is -0.200. The number of alkyl halides is 3. The Morgan fingerprint density at radius 1 is 1.08 bits per heavy atom. The fourth-order valence-electron chi connectivity index (χ4n) is 3.92. The summed E-state index contributed by atoms with van der Waals surface area (Å²) in [6.45, 7) is 0.109. The van der Waals surface area contributed by atoms with Gasteiger partial charge in [-0.1, -0.05) is 29.8 Å². The Balaban J connectivity index is 1.39. The summed E-state index contributed by atoms with van der Waals surface area (Å²) < 4.78 is 40.9. The molecule has 7 nitrogen and oxygen atoms in total. The number of anilines is 1. The maximum atomic E-state index is 13.2. The van der Waals surface area contributed by atoms with E-state index in [2.05, 4.69) is 15.7 Å². The van der Waals surface area contributed by atoms with Gasteiger partial charge < -0.3 is 15.7 Å². The predicted octanol–water partition coefficient (Wildman–Crippen LogP) is 5.09. The van der Waals surface area contributed by atoms with Gasteiger partial charge in [0.25, 0.3) is 11.8 Å². The van der Waals surface area contributed by atoms with Crippen LogP contribution in [0.15, 0.2) is 66.9 Å². The smallest absolute Gasteiger partial charge is 0.380 e. The van der Waals surface area contributed by atoms with Gasteiger partial charge in [0.1, 0.15) is 5.60 Å². The minimum Gasteiger partial charge on any atom is -0.380 e. The van der Waals surface area contributed by atoms with Crippen molar-refractivity contribution >= 4 is 40.0 Å². The van der Waals surface area contributed by atoms with Crippen molar-refractivity contribution < 1.29 is 27.9 Å². The molecule has 0 atom stereocenters. The van der Waals surface area contributed by atoms with Gasteiger partial charge in [-0.2, -0.15) is 18.3 Å². The molecular weight excluding hydrogens is 509 g/mol. The lowest BCUT2D eigenvalue weighted by Gasteiger charge is -2.12. The number of benzene rings is 3. The molecule has 0 spiro atoms. The molecule has 0 unspecified atom stereocenters. The molecule has 2 amide bonds. The van der Waals surface area contributed by atoms with Crippen molar-refractivity contribution in [3.05, 3.63) is 88.6 Å². The number of fused-ring (bicyclic) bond motifs is 1. The van der Waals surface area contributed by atoms with Crippen LogP contribution in [-0.2, 0) is 17.5 Å². The Kier molecular flexibility index (Phi) is 6.17. The van der Waals surface area contributed by atoms with Gasteiger partial charge >= 0.3 is 6.18 Å². The normalized spacial score (nSPS) is 14.4. The van der Waals surface area contributed by atoms with Crippen molar-refractivity contribution in [2.24, 2.45) is 0 Å². The second-order valence-corrected chi connectivity index (χ2v) is 9.23. The minimum absolute atomic E-state index is 0.109. The van der Waals surface area contributed by atoms with Crippen molar-refractivity contribution in [2.75, 3.05) is 5.32 Å². The van der Waals surface area contributed by atoms with E-state index in [1.165, 1.54) is 29.1 Å². The van der Waals surface area contributed by atoms with E-state index < -0.39 is 29.2 Å². The van der Waals surface area contributed by atoms with E-state index in [1.54, 1.807) is 30.3 Å². The molecule has 0 aliphatic heterocycles. The first kappa shape index (κ1) is 24.8. The second-order valence-electron chi connectivity index (χ2n) is 8.83. The summed E-state index contributed by atoms with van der Waals surface area (Å²) >= 11 is 6.26. The SMILES string of the molecule is O=C(Nc1cccc2c1cnn2-c1cccc(C(F)(F)F)c1)c1cc(CNC(=O)C2(O)CC2)ccc1Cl. The van der Waals surface area contributed by atoms with Crippen LogP contribution in [0.1, 0.15) is 34.3 Å². The number of nitrogens with one attached hydrogen (secondary N) is 2. The number of carbonyl (C=O) groups excluding carboxylic acids is 2. The highest BCUT2D eigenvalue weighted by Crippen LogP contribution is 2.35. The summed E-state index contributed by atoms with van der Waals surface area (Å²) in [7, 11) is 0. The fraction of sp³-hybridized carbons (Fsp3) is 0.192. The Morgan fingerprint density at radius 2 is 1.84 bits per heavy atom.